The molecule has 0 aliphatic rings. The molecule has 8 nitrogen and oxygen atoms in total. The minimum Gasteiger partial charge on any atom is -0.463 e. The Morgan fingerprint density at radius 3 is 2.20 bits per heavy atom. The van der Waals surface area contributed by atoms with Crippen molar-refractivity contribution in [2.45, 2.75) is 12.8 Å². The van der Waals surface area contributed by atoms with E-state index in [4.69, 9.17) is 4.74 Å². The Labute approximate surface area is 114 Å². The van der Waals surface area contributed by atoms with Crippen molar-refractivity contribution in [2.24, 2.45) is 0 Å². The Kier molecular flexibility index (Phi) is 5.33. The van der Waals surface area contributed by atoms with Crippen LogP contribution in [0.1, 0.15) is 12.0 Å². The second kappa shape index (κ2) is 6.98. The number of benzene rings is 1. The average Bonchev–Trinajstić information content (AvgIpc) is 2.42. The third-order valence-electron chi connectivity index (χ3n) is 2.40. The number of esters is 1. The van der Waals surface area contributed by atoms with Crippen LogP contribution >= 0.6 is 0 Å². The molecule has 20 heavy (non-hydrogen) atoms. The van der Waals surface area contributed by atoms with Crippen LogP contribution in [0.2, 0.25) is 0 Å². The molecule has 8 heteroatoms. The first-order valence-electron chi connectivity index (χ1n) is 5.66. The maximum atomic E-state index is 10.8. The van der Waals surface area contributed by atoms with E-state index in [1.807, 2.05) is 0 Å². The van der Waals surface area contributed by atoms with Crippen molar-refractivity contribution in [3.8, 4) is 0 Å². The Hall–Kier alpha value is -2.77. The average molecular weight is 280 g/mol. The van der Waals surface area contributed by atoms with E-state index in [-0.39, 0.29) is 18.0 Å². The van der Waals surface area contributed by atoms with Gasteiger partial charge in [0.15, 0.2) is 0 Å². The molecule has 0 radical (unpaired) electrons. The summed E-state index contributed by atoms with van der Waals surface area (Å²) >= 11 is 0. The van der Waals surface area contributed by atoms with Crippen LogP contribution in [0.25, 0.3) is 0 Å². The lowest BCUT2D eigenvalue weighted by atomic mass is 10.1. The van der Waals surface area contributed by atoms with E-state index in [0.29, 0.717) is 18.4 Å². The summed E-state index contributed by atoms with van der Waals surface area (Å²) < 4.78 is 4.74. The molecule has 0 fully saturated rings. The smallest absolute Gasteiger partial charge is 0.330 e. The Bertz CT molecular complexity index is 523. The molecular formula is C12H12N2O6. The van der Waals surface area contributed by atoms with Gasteiger partial charge in [0.05, 0.1) is 22.5 Å². The predicted octanol–water partition coefficient (Wildman–Crippen LogP) is 2.16. The fraction of sp³-hybridized carbons (Fsp3) is 0.250. The van der Waals surface area contributed by atoms with Crippen molar-refractivity contribution in [1.29, 1.82) is 0 Å². The highest BCUT2D eigenvalue weighted by Gasteiger charge is 2.16. The third-order valence-corrected chi connectivity index (χ3v) is 2.40. The molecule has 0 atom stereocenters. The minimum atomic E-state index is -0.686. The Balaban J connectivity index is 2.73. The highest BCUT2D eigenvalue weighted by molar-refractivity contribution is 5.81. The summed E-state index contributed by atoms with van der Waals surface area (Å²) in [7, 11) is 0. The van der Waals surface area contributed by atoms with E-state index in [0.717, 1.165) is 12.1 Å². The first-order chi connectivity index (χ1) is 9.43. The fourth-order valence-electron chi connectivity index (χ4n) is 1.52. The molecule has 0 spiro atoms. The molecule has 0 aliphatic carbocycles. The second-order valence-electron chi connectivity index (χ2n) is 3.85. The molecule has 0 amide bonds. The van der Waals surface area contributed by atoms with Gasteiger partial charge >= 0.3 is 5.97 Å². The number of nitrogens with zero attached hydrogens (tertiary/aromatic N) is 2. The van der Waals surface area contributed by atoms with Gasteiger partial charge in [0.1, 0.15) is 0 Å². The first-order valence-corrected chi connectivity index (χ1v) is 5.66. The number of rotatable bonds is 7. The third kappa shape index (κ3) is 4.48. The van der Waals surface area contributed by atoms with Crippen LogP contribution < -0.4 is 0 Å². The molecule has 0 aliphatic heterocycles. The molecule has 0 saturated carbocycles. The summed E-state index contributed by atoms with van der Waals surface area (Å²) in [5.74, 6) is -0.560. The van der Waals surface area contributed by atoms with Crippen molar-refractivity contribution >= 4 is 17.3 Å². The number of aryl methyl sites for hydroxylation is 1. The molecule has 1 rings (SSSR count). The van der Waals surface area contributed by atoms with Crippen LogP contribution in [0.15, 0.2) is 30.9 Å². The van der Waals surface area contributed by atoms with E-state index in [1.54, 1.807) is 0 Å². The van der Waals surface area contributed by atoms with Gasteiger partial charge in [-0.1, -0.05) is 6.58 Å². The van der Waals surface area contributed by atoms with E-state index in [2.05, 4.69) is 6.58 Å². The van der Waals surface area contributed by atoms with Crippen LogP contribution in [0.4, 0.5) is 11.4 Å². The van der Waals surface area contributed by atoms with Gasteiger partial charge in [-0.3, -0.25) is 20.2 Å². The van der Waals surface area contributed by atoms with Crippen molar-refractivity contribution in [1.82, 2.24) is 0 Å². The molecular weight excluding hydrogens is 268 g/mol. The number of hydrogen-bond donors (Lipinski definition) is 0. The van der Waals surface area contributed by atoms with E-state index in [1.165, 1.54) is 12.1 Å². The largest absolute Gasteiger partial charge is 0.463 e. The number of carbonyl (C=O) groups excluding carboxylic acids is 1. The number of non-ortho nitro benzene ring substituents is 2. The standard InChI is InChI=1S/C12H12N2O6/c1-2-12(15)20-5-3-4-9-6-10(13(16)17)8-11(7-9)14(18)19/h2,6-8H,1,3-5H2. The van der Waals surface area contributed by atoms with Gasteiger partial charge in [-0.15, -0.1) is 0 Å². The monoisotopic (exact) mass is 280 g/mol. The summed E-state index contributed by atoms with van der Waals surface area (Å²) in [6, 6.07) is 3.44. The molecule has 106 valence electrons. The molecule has 0 saturated heterocycles. The SMILES string of the molecule is C=CC(=O)OCCCc1cc([N+](=O)[O-])cc([N+](=O)[O-])c1. The van der Waals surface area contributed by atoms with Crippen molar-refractivity contribution in [2.75, 3.05) is 6.61 Å². The zero-order chi connectivity index (χ0) is 15.1. The maximum absolute atomic E-state index is 10.8. The van der Waals surface area contributed by atoms with Gasteiger partial charge in [0.25, 0.3) is 11.4 Å². The zero-order valence-electron chi connectivity index (χ0n) is 10.5. The molecule has 0 aromatic heterocycles. The van der Waals surface area contributed by atoms with Gasteiger partial charge in [-0.05, 0) is 18.4 Å². The first kappa shape index (κ1) is 15.3. The fourth-order valence-corrected chi connectivity index (χ4v) is 1.52. The maximum Gasteiger partial charge on any atom is 0.330 e. The van der Waals surface area contributed by atoms with Gasteiger partial charge in [-0.2, -0.15) is 0 Å². The van der Waals surface area contributed by atoms with Gasteiger partial charge in [-0.25, -0.2) is 4.79 Å². The van der Waals surface area contributed by atoms with Crippen molar-refractivity contribution < 1.29 is 19.4 Å². The lowest BCUT2D eigenvalue weighted by molar-refractivity contribution is -0.394. The molecule has 0 bridgehead atoms. The minimum absolute atomic E-state index is 0.112. The quantitative estimate of drug-likeness (QED) is 0.248. The molecule has 0 unspecified atom stereocenters. The Morgan fingerprint density at radius 1 is 1.20 bits per heavy atom. The van der Waals surface area contributed by atoms with Crippen LogP contribution in [0.5, 0.6) is 0 Å². The number of nitro groups is 2. The normalized spacial score (nSPS) is 9.80. The number of nitro benzene ring substituents is 2. The number of ether oxygens (including phenoxy) is 1. The lowest BCUT2D eigenvalue weighted by Crippen LogP contribution is -2.03. The predicted molar refractivity (Wildman–Crippen MR) is 69.2 cm³/mol. The van der Waals surface area contributed by atoms with Crippen molar-refractivity contribution in [3.05, 3.63) is 56.6 Å². The number of carbonyl (C=O) groups is 1. The van der Waals surface area contributed by atoms with Gasteiger partial charge < -0.3 is 4.74 Å². The van der Waals surface area contributed by atoms with E-state index < -0.39 is 15.8 Å². The highest BCUT2D eigenvalue weighted by Crippen LogP contribution is 2.23. The summed E-state index contributed by atoms with van der Waals surface area (Å²) in [5.41, 5.74) is -0.227. The Morgan fingerprint density at radius 2 is 1.75 bits per heavy atom. The highest BCUT2D eigenvalue weighted by atomic mass is 16.6. The summed E-state index contributed by atoms with van der Waals surface area (Å²) in [6.45, 7) is 3.35. The van der Waals surface area contributed by atoms with Crippen LogP contribution in [0.3, 0.4) is 0 Å². The number of hydrogen-bond acceptors (Lipinski definition) is 6. The summed E-state index contributed by atoms with van der Waals surface area (Å²) in [4.78, 5) is 30.8. The summed E-state index contributed by atoms with van der Waals surface area (Å²) in [6.07, 6.45) is 1.75. The van der Waals surface area contributed by atoms with Crippen LogP contribution in [0, 0.1) is 20.2 Å². The zero-order valence-corrected chi connectivity index (χ0v) is 10.5. The van der Waals surface area contributed by atoms with Crippen molar-refractivity contribution in [3.63, 3.8) is 0 Å². The van der Waals surface area contributed by atoms with E-state index >= 15 is 0 Å². The molecule has 0 heterocycles. The van der Waals surface area contributed by atoms with Gasteiger partial charge in [0.2, 0.25) is 0 Å². The second-order valence-corrected chi connectivity index (χ2v) is 3.85. The van der Waals surface area contributed by atoms with Crippen LogP contribution in [-0.2, 0) is 16.0 Å². The molecule has 1 aromatic rings. The van der Waals surface area contributed by atoms with Crippen LogP contribution in [-0.4, -0.2) is 22.4 Å². The van der Waals surface area contributed by atoms with Gasteiger partial charge in [0, 0.05) is 18.2 Å². The summed E-state index contributed by atoms with van der Waals surface area (Å²) in [5, 5.41) is 21.4. The topological polar surface area (TPSA) is 113 Å². The molecule has 0 N–H and O–H groups in total. The van der Waals surface area contributed by atoms with E-state index in [9.17, 15) is 25.0 Å². The molecule has 1 aromatic carbocycles. The lowest BCUT2D eigenvalue weighted by Gasteiger charge is -2.03.